The second kappa shape index (κ2) is 10.8. The van der Waals surface area contributed by atoms with Crippen molar-refractivity contribution in [3.8, 4) is 0 Å². The lowest BCUT2D eigenvalue weighted by Gasteiger charge is -2.22. The van der Waals surface area contributed by atoms with E-state index in [1.54, 1.807) is 12.2 Å². The molecule has 21 heteroatoms. The molecule has 0 radical (unpaired) electrons. The molecule has 0 aliphatic carbocycles. The largest absolute Gasteiger partial charge is 0.442 e. The van der Waals surface area contributed by atoms with Gasteiger partial charge in [0.1, 0.15) is 25.3 Å². The summed E-state index contributed by atoms with van der Waals surface area (Å²) in [6, 6.07) is -0.256. The Morgan fingerprint density at radius 2 is 1.23 bits per heavy atom. The Morgan fingerprint density at radius 1 is 0.814 bits per heavy atom. The van der Waals surface area contributed by atoms with Crippen molar-refractivity contribution in [2.24, 2.45) is 0 Å². The Morgan fingerprint density at radius 3 is 1.63 bits per heavy atom. The van der Waals surface area contributed by atoms with Gasteiger partial charge in [-0.3, -0.25) is 9.59 Å². The molecular formula is C22H24N10O10S. The summed E-state index contributed by atoms with van der Waals surface area (Å²) < 4.78 is 38.7. The van der Waals surface area contributed by atoms with E-state index < -0.39 is 59.6 Å². The molecule has 0 aromatic carbocycles. The average Bonchev–Trinajstić information content (AvgIpc) is 3.74. The van der Waals surface area contributed by atoms with Gasteiger partial charge in [-0.1, -0.05) is 0 Å². The van der Waals surface area contributed by atoms with E-state index in [0.717, 1.165) is 0 Å². The lowest BCUT2D eigenvalue weighted by atomic mass is 10.2. The van der Waals surface area contributed by atoms with Gasteiger partial charge in [0, 0.05) is 37.6 Å². The molecule has 2 aromatic rings. The number of hydrogen-bond donors (Lipinski definition) is 4. The van der Waals surface area contributed by atoms with Gasteiger partial charge in [-0.2, -0.15) is 28.7 Å². The fourth-order valence-corrected chi connectivity index (χ4v) is 5.68. The van der Waals surface area contributed by atoms with E-state index in [2.05, 4.69) is 20.8 Å². The number of amides is 6. The monoisotopic (exact) mass is 620 g/mol. The number of fused-ring (bicyclic) bond motifs is 4. The van der Waals surface area contributed by atoms with Crippen LogP contribution in [0.5, 0.6) is 0 Å². The molecule has 0 saturated carbocycles. The quantitative estimate of drug-likeness (QED) is 0.219. The number of aliphatic hydroxyl groups is 2. The molecule has 4 N–H and O–H groups in total. The maximum atomic E-state index is 12.9. The first kappa shape index (κ1) is 28.3. The van der Waals surface area contributed by atoms with Crippen LogP contribution in [0.15, 0.2) is 36.7 Å². The summed E-state index contributed by atoms with van der Waals surface area (Å²) in [6.45, 7) is -1.11. The van der Waals surface area contributed by atoms with Crippen LogP contribution in [0, 0.1) is 0 Å². The number of urea groups is 2. The van der Waals surface area contributed by atoms with Crippen molar-refractivity contribution in [3.63, 3.8) is 0 Å². The normalized spacial score (nSPS) is 21.3. The van der Waals surface area contributed by atoms with Gasteiger partial charge >= 0.3 is 22.5 Å². The molecule has 2 saturated heterocycles. The third-order valence-electron chi connectivity index (χ3n) is 6.74. The van der Waals surface area contributed by atoms with Gasteiger partial charge in [-0.05, 0) is 12.2 Å². The van der Waals surface area contributed by atoms with Crippen LogP contribution in [0.25, 0.3) is 11.4 Å². The SMILES string of the molecule is O=C(CO)Nc1ccn(C2=CC3CN(C2)C(=O)N3OS(=O)(=O)ON2C(=O)N3CC(n4ccc(NC(=O)CO)n4)=CC2C3)n1. The molecule has 2 aromatic heterocycles. The van der Waals surface area contributed by atoms with Crippen LogP contribution in [-0.4, -0.2) is 133 Å². The molecule has 0 spiro atoms. The second-order valence-corrected chi connectivity index (χ2v) is 10.8. The van der Waals surface area contributed by atoms with Crippen LogP contribution in [-0.2, 0) is 28.6 Å². The second-order valence-electron chi connectivity index (χ2n) is 9.69. The van der Waals surface area contributed by atoms with E-state index in [-0.39, 0.29) is 37.8 Å². The number of carbonyl (C=O) groups excluding carboxylic acids is 4. The Balaban J connectivity index is 1.13. The van der Waals surface area contributed by atoms with Crippen molar-refractivity contribution < 1.29 is 46.4 Å². The zero-order valence-electron chi connectivity index (χ0n) is 22.0. The Kier molecular flexibility index (Phi) is 7.09. The Labute approximate surface area is 242 Å². The zero-order chi connectivity index (χ0) is 30.5. The topological polar surface area (TPSA) is 234 Å². The molecule has 20 nitrogen and oxygen atoms in total. The zero-order valence-corrected chi connectivity index (χ0v) is 22.8. The summed E-state index contributed by atoms with van der Waals surface area (Å²) in [6.07, 6.45) is 6.17. The molecule has 2 fully saturated rings. The third kappa shape index (κ3) is 5.53. The van der Waals surface area contributed by atoms with E-state index in [4.69, 9.17) is 18.8 Å². The number of nitrogens with zero attached hydrogens (tertiary/aromatic N) is 8. The predicted molar refractivity (Wildman–Crippen MR) is 141 cm³/mol. The number of hydroxylamine groups is 4. The fourth-order valence-electron chi connectivity index (χ4n) is 4.91. The third-order valence-corrected chi connectivity index (χ3v) is 7.43. The van der Waals surface area contributed by atoms with Crippen molar-refractivity contribution >= 4 is 57.3 Å². The van der Waals surface area contributed by atoms with Crippen LogP contribution in [0.3, 0.4) is 0 Å². The molecule has 43 heavy (non-hydrogen) atoms. The van der Waals surface area contributed by atoms with E-state index in [9.17, 15) is 27.6 Å². The highest BCUT2D eigenvalue weighted by atomic mass is 32.3. The molecular weight excluding hydrogens is 596 g/mol. The maximum Gasteiger partial charge on any atom is 0.442 e. The highest BCUT2D eigenvalue weighted by Gasteiger charge is 2.47. The van der Waals surface area contributed by atoms with Crippen molar-refractivity contribution in [2.75, 3.05) is 50.0 Å². The van der Waals surface area contributed by atoms with E-state index in [1.165, 1.54) is 43.7 Å². The molecule has 2 unspecified atom stereocenters. The number of rotatable bonds is 10. The number of carbonyl (C=O) groups is 4. The lowest BCUT2D eigenvalue weighted by Crippen LogP contribution is -2.40. The fraction of sp³-hybridized carbons (Fsp3) is 0.364. The van der Waals surface area contributed by atoms with Gasteiger partial charge in [0.2, 0.25) is 0 Å². The van der Waals surface area contributed by atoms with Crippen LogP contribution < -0.4 is 10.6 Å². The Bertz CT molecular complexity index is 1550. The minimum atomic E-state index is -4.97. The van der Waals surface area contributed by atoms with Gasteiger partial charge < -0.3 is 30.6 Å². The van der Waals surface area contributed by atoms with E-state index in [0.29, 0.717) is 21.5 Å². The number of hydrogen-bond acceptors (Lipinski definition) is 12. The van der Waals surface area contributed by atoms with Crippen molar-refractivity contribution in [2.45, 2.75) is 12.1 Å². The van der Waals surface area contributed by atoms with Crippen LogP contribution in [0.2, 0.25) is 0 Å². The predicted octanol–water partition coefficient (Wildman–Crippen LogP) is -2.33. The highest BCUT2D eigenvalue weighted by Crippen LogP contribution is 2.31. The summed E-state index contributed by atoms with van der Waals surface area (Å²) in [5.41, 5.74) is 0.982. The molecule has 2 atom stereocenters. The number of aromatic nitrogens is 4. The minimum Gasteiger partial charge on any atom is -0.387 e. The van der Waals surface area contributed by atoms with Crippen LogP contribution in [0.4, 0.5) is 21.2 Å². The molecule has 6 heterocycles. The van der Waals surface area contributed by atoms with Gasteiger partial charge in [0.05, 0.1) is 24.5 Å². The Hall–Kier alpha value is -4.83. The molecule has 228 valence electrons. The first-order valence-electron chi connectivity index (χ1n) is 12.7. The van der Waals surface area contributed by atoms with Gasteiger partial charge in [-0.25, -0.2) is 19.0 Å². The average molecular weight is 621 g/mol. The summed E-state index contributed by atoms with van der Waals surface area (Å²) in [4.78, 5) is 51.3. The molecule has 4 aliphatic heterocycles. The highest BCUT2D eigenvalue weighted by molar-refractivity contribution is 7.81. The van der Waals surface area contributed by atoms with Gasteiger partial charge in [-0.15, -0.1) is 8.57 Å². The number of nitrogens with one attached hydrogen (secondary N) is 2. The smallest absolute Gasteiger partial charge is 0.387 e. The molecule has 6 amide bonds. The molecule has 4 bridgehead atoms. The number of anilines is 2. The first-order valence-corrected chi connectivity index (χ1v) is 14.0. The lowest BCUT2D eigenvalue weighted by molar-refractivity contribution is -0.119. The van der Waals surface area contributed by atoms with Crippen molar-refractivity contribution in [1.29, 1.82) is 0 Å². The van der Waals surface area contributed by atoms with Gasteiger partial charge in [0.15, 0.2) is 11.6 Å². The van der Waals surface area contributed by atoms with E-state index in [1.807, 2.05) is 0 Å². The molecule has 6 rings (SSSR count). The first-order chi connectivity index (χ1) is 20.5. The van der Waals surface area contributed by atoms with Gasteiger partial charge in [0.25, 0.3) is 11.8 Å². The maximum absolute atomic E-state index is 12.9. The van der Waals surface area contributed by atoms with Crippen molar-refractivity contribution in [3.05, 3.63) is 36.7 Å². The standard InChI is InChI=1S/C22H24N10O10S/c33-11-19(35)23-17-1-3-29(25-17)13-5-15-9-27(7-13)21(37)31(15)41-43(39,40)42-32-16-6-14(8-28(10-16)22(32)38)30-4-2-18(26-30)24-20(36)12-34/h1-6,15-16,33-34H,7-12H2,(H,23,25,35)(H,24,26,36). The number of aliphatic hydroxyl groups excluding tert-OH is 2. The minimum absolute atomic E-state index is 0.0548. The molecule has 4 aliphatic rings. The summed E-state index contributed by atoms with van der Waals surface area (Å²) in [5, 5.41) is 32.2. The van der Waals surface area contributed by atoms with Crippen LogP contribution >= 0.6 is 0 Å². The van der Waals surface area contributed by atoms with Crippen LogP contribution in [0.1, 0.15) is 0 Å². The summed E-state index contributed by atoms with van der Waals surface area (Å²) >= 11 is 0. The summed E-state index contributed by atoms with van der Waals surface area (Å²) in [7, 11) is -4.97. The van der Waals surface area contributed by atoms with E-state index >= 15 is 0 Å². The summed E-state index contributed by atoms with van der Waals surface area (Å²) in [5.74, 6) is -0.984. The van der Waals surface area contributed by atoms with Crippen molar-refractivity contribution in [1.82, 2.24) is 39.5 Å².